The highest BCUT2D eigenvalue weighted by molar-refractivity contribution is 7.14. The van der Waals surface area contributed by atoms with Crippen molar-refractivity contribution in [1.82, 2.24) is 9.88 Å². The fraction of sp³-hybridized carbons (Fsp3) is 0.174. The van der Waals surface area contributed by atoms with Gasteiger partial charge in [-0.2, -0.15) is 0 Å². The molecule has 1 amide bonds. The summed E-state index contributed by atoms with van der Waals surface area (Å²) in [5, 5.41) is 21.1. The van der Waals surface area contributed by atoms with Gasteiger partial charge in [0.25, 0.3) is 5.91 Å². The number of carbonyl (C=O) groups excluding carboxylic acids is 2. The predicted molar refractivity (Wildman–Crippen MR) is 113 cm³/mol. The number of phenols is 1. The van der Waals surface area contributed by atoms with E-state index in [-0.39, 0.29) is 17.9 Å². The van der Waals surface area contributed by atoms with Gasteiger partial charge in [-0.3, -0.25) is 9.59 Å². The van der Waals surface area contributed by atoms with Crippen LogP contribution in [0.25, 0.3) is 0 Å². The molecule has 1 aliphatic heterocycles. The van der Waals surface area contributed by atoms with Crippen LogP contribution in [0, 0.1) is 19.7 Å². The number of hydrogen-bond donors (Lipinski definition) is 2. The Morgan fingerprint density at radius 3 is 2.32 bits per heavy atom. The van der Waals surface area contributed by atoms with E-state index in [1.807, 2.05) is 0 Å². The number of thiazole rings is 1. The van der Waals surface area contributed by atoms with E-state index in [0.29, 0.717) is 26.7 Å². The molecule has 1 unspecified atom stereocenters. The van der Waals surface area contributed by atoms with Gasteiger partial charge in [0.2, 0.25) is 5.78 Å². The van der Waals surface area contributed by atoms with Crippen LogP contribution in [0.1, 0.15) is 37.5 Å². The van der Waals surface area contributed by atoms with Crippen LogP contribution >= 0.6 is 11.3 Å². The number of nitrogens with zero attached hydrogens (tertiary/aromatic N) is 2. The van der Waals surface area contributed by atoms with Crippen molar-refractivity contribution in [3.63, 3.8) is 0 Å². The molecule has 3 aromatic rings. The van der Waals surface area contributed by atoms with Crippen LogP contribution in [-0.2, 0) is 11.3 Å². The fourth-order valence-corrected chi connectivity index (χ4v) is 4.58. The molecule has 0 bridgehead atoms. The molecule has 0 saturated carbocycles. The largest absolute Gasteiger partial charge is 0.508 e. The third-order valence-electron chi connectivity index (χ3n) is 5.13. The molecule has 8 heteroatoms. The number of rotatable bonds is 5. The first kappa shape index (κ1) is 20.7. The van der Waals surface area contributed by atoms with E-state index in [4.69, 9.17) is 0 Å². The minimum atomic E-state index is -0.868. The van der Waals surface area contributed by atoms with Crippen LogP contribution in [0.2, 0.25) is 0 Å². The Morgan fingerprint density at radius 1 is 1.10 bits per heavy atom. The van der Waals surface area contributed by atoms with Gasteiger partial charge in [0.1, 0.15) is 11.6 Å². The van der Waals surface area contributed by atoms with Crippen LogP contribution in [0.3, 0.4) is 0 Å². The average molecular weight is 438 g/mol. The molecule has 4 rings (SSSR count). The van der Waals surface area contributed by atoms with Crippen molar-refractivity contribution in [2.45, 2.75) is 26.4 Å². The van der Waals surface area contributed by atoms with Gasteiger partial charge < -0.3 is 15.1 Å². The summed E-state index contributed by atoms with van der Waals surface area (Å²) in [6.45, 7) is 3.55. The zero-order valence-electron chi connectivity index (χ0n) is 16.8. The van der Waals surface area contributed by atoms with Gasteiger partial charge in [0.05, 0.1) is 27.2 Å². The maximum atomic E-state index is 13.4. The molecule has 0 aliphatic carbocycles. The molecule has 2 heterocycles. The highest BCUT2D eigenvalue weighted by Crippen LogP contribution is 2.41. The first-order valence-corrected chi connectivity index (χ1v) is 10.3. The van der Waals surface area contributed by atoms with E-state index in [2.05, 4.69) is 4.98 Å². The molecular weight excluding hydrogens is 419 g/mol. The second-order valence-electron chi connectivity index (χ2n) is 7.29. The maximum absolute atomic E-state index is 13.4. The highest BCUT2D eigenvalue weighted by Gasteiger charge is 2.44. The number of aliphatic hydroxyl groups excluding tert-OH is 1. The Kier molecular flexibility index (Phi) is 5.32. The van der Waals surface area contributed by atoms with Gasteiger partial charge in [0.15, 0.2) is 5.76 Å². The average Bonchev–Trinajstić information content (AvgIpc) is 3.20. The van der Waals surface area contributed by atoms with Gasteiger partial charge in [-0.25, -0.2) is 9.37 Å². The van der Waals surface area contributed by atoms with E-state index >= 15 is 0 Å². The molecule has 6 nitrogen and oxygen atoms in total. The lowest BCUT2D eigenvalue weighted by molar-refractivity contribution is -0.130. The van der Waals surface area contributed by atoms with Crippen LogP contribution in [0.15, 0.2) is 59.9 Å². The summed E-state index contributed by atoms with van der Waals surface area (Å²) in [5.74, 6) is -2.14. The number of ketones is 1. The van der Waals surface area contributed by atoms with Gasteiger partial charge in [-0.05, 0) is 49.2 Å². The number of aromatic nitrogens is 1. The SMILES string of the molecule is Cc1nc(C)c(C(=O)C2=C(O)C(=O)N(Cc3ccc(F)cc3)C2c2ccc(O)cc2)s1. The second kappa shape index (κ2) is 7.96. The maximum Gasteiger partial charge on any atom is 0.290 e. The molecule has 1 aromatic heterocycles. The molecule has 1 atom stereocenters. The van der Waals surface area contributed by atoms with E-state index in [0.717, 1.165) is 0 Å². The Hall–Kier alpha value is -3.52. The van der Waals surface area contributed by atoms with E-state index in [1.165, 1.54) is 40.5 Å². The number of aliphatic hydroxyl groups is 1. The van der Waals surface area contributed by atoms with Crippen molar-refractivity contribution >= 4 is 23.0 Å². The monoisotopic (exact) mass is 438 g/mol. The number of phenolic OH excluding ortho intramolecular Hbond substituents is 1. The second-order valence-corrected chi connectivity index (χ2v) is 8.50. The molecule has 0 spiro atoms. The van der Waals surface area contributed by atoms with Crippen LogP contribution in [0.5, 0.6) is 5.75 Å². The number of halogens is 1. The fourth-order valence-electron chi connectivity index (χ4n) is 3.70. The van der Waals surface area contributed by atoms with Crippen molar-refractivity contribution in [2.75, 3.05) is 0 Å². The normalized spacial score (nSPS) is 16.3. The third-order valence-corrected chi connectivity index (χ3v) is 6.20. The summed E-state index contributed by atoms with van der Waals surface area (Å²) in [7, 11) is 0. The lowest BCUT2D eigenvalue weighted by Gasteiger charge is -2.27. The molecule has 31 heavy (non-hydrogen) atoms. The first-order valence-electron chi connectivity index (χ1n) is 9.52. The molecular formula is C23H19FN2O4S. The topological polar surface area (TPSA) is 90.7 Å². The zero-order chi connectivity index (χ0) is 22.3. The van der Waals surface area contributed by atoms with Gasteiger partial charge >= 0.3 is 0 Å². The lowest BCUT2D eigenvalue weighted by atomic mass is 9.94. The Labute approximate surface area is 181 Å². The molecule has 158 valence electrons. The molecule has 2 aromatic carbocycles. The number of amides is 1. The molecule has 1 aliphatic rings. The summed E-state index contributed by atoms with van der Waals surface area (Å²) in [6.07, 6.45) is 0. The van der Waals surface area contributed by atoms with Crippen molar-refractivity contribution < 1.29 is 24.2 Å². The van der Waals surface area contributed by atoms with E-state index < -0.39 is 29.3 Å². The van der Waals surface area contributed by atoms with Crippen molar-refractivity contribution in [3.05, 3.63) is 92.4 Å². The number of carbonyl (C=O) groups is 2. The number of hydrogen-bond acceptors (Lipinski definition) is 6. The standard InChI is InChI=1S/C23H19FN2O4S/c1-12-22(31-13(2)25-12)20(28)18-19(15-5-9-17(27)10-6-15)26(23(30)21(18)29)11-14-3-7-16(24)8-4-14/h3-10,19,27,29H,11H2,1-2H3. The Morgan fingerprint density at radius 2 is 1.74 bits per heavy atom. The third kappa shape index (κ3) is 3.82. The van der Waals surface area contributed by atoms with Gasteiger partial charge in [-0.1, -0.05) is 24.3 Å². The first-order chi connectivity index (χ1) is 14.8. The summed E-state index contributed by atoms with van der Waals surface area (Å²) < 4.78 is 13.3. The zero-order valence-corrected chi connectivity index (χ0v) is 17.6. The van der Waals surface area contributed by atoms with Gasteiger partial charge in [-0.15, -0.1) is 11.3 Å². The lowest BCUT2D eigenvalue weighted by Crippen LogP contribution is -2.30. The predicted octanol–water partition coefficient (Wildman–Crippen LogP) is 4.38. The molecule has 0 radical (unpaired) electrons. The molecule has 0 saturated heterocycles. The summed E-state index contributed by atoms with van der Waals surface area (Å²) >= 11 is 1.20. The number of Topliss-reactive ketones (excluding diaryl/α,β-unsaturated/α-hetero) is 1. The Bertz CT molecular complexity index is 1200. The van der Waals surface area contributed by atoms with E-state index in [9.17, 15) is 24.2 Å². The van der Waals surface area contributed by atoms with E-state index in [1.54, 1.807) is 38.1 Å². The quantitative estimate of drug-likeness (QED) is 0.577. The minimum Gasteiger partial charge on any atom is -0.508 e. The summed E-state index contributed by atoms with van der Waals surface area (Å²) in [5.41, 5.74) is 1.69. The van der Waals surface area contributed by atoms with Crippen LogP contribution in [0.4, 0.5) is 4.39 Å². The van der Waals surface area contributed by atoms with Crippen molar-refractivity contribution in [3.8, 4) is 5.75 Å². The van der Waals surface area contributed by atoms with Crippen LogP contribution in [-0.4, -0.2) is 31.8 Å². The minimum absolute atomic E-state index is 0.0353. The van der Waals surface area contributed by atoms with Crippen molar-refractivity contribution in [2.24, 2.45) is 0 Å². The van der Waals surface area contributed by atoms with Crippen molar-refractivity contribution in [1.29, 1.82) is 0 Å². The number of aryl methyl sites for hydroxylation is 2. The number of benzene rings is 2. The summed E-state index contributed by atoms with van der Waals surface area (Å²) in [4.78, 5) is 32.4. The highest BCUT2D eigenvalue weighted by atomic mass is 32.1. The smallest absolute Gasteiger partial charge is 0.290 e. The van der Waals surface area contributed by atoms with Gasteiger partial charge in [0, 0.05) is 6.54 Å². The Balaban J connectivity index is 1.80. The van der Waals surface area contributed by atoms with Crippen LogP contribution < -0.4 is 0 Å². The number of aromatic hydroxyl groups is 1. The molecule has 0 fully saturated rings. The molecule has 2 N–H and O–H groups in total. The summed E-state index contributed by atoms with van der Waals surface area (Å²) in [6, 6.07) is 10.9.